The van der Waals surface area contributed by atoms with Gasteiger partial charge in [-0.15, -0.1) is 10.2 Å². The molecule has 7 nitrogen and oxygen atoms in total. The zero-order valence-electron chi connectivity index (χ0n) is 12.7. The van der Waals surface area contributed by atoms with Gasteiger partial charge in [-0.1, -0.05) is 12.1 Å². The van der Waals surface area contributed by atoms with Crippen LogP contribution in [0.25, 0.3) is 0 Å². The molecule has 2 aromatic rings. The van der Waals surface area contributed by atoms with E-state index < -0.39 is 0 Å². The highest BCUT2D eigenvalue weighted by Gasteiger charge is 2.16. The van der Waals surface area contributed by atoms with Gasteiger partial charge in [0.15, 0.2) is 5.82 Å². The summed E-state index contributed by atoms with van der Waals surface area (Å²) in [5, 5.41) is 22.2. The van der Waals surface area contributed by atoms with Crippen LogP contribution in [0.2, 0.25) is 0 Å². The number of urea groups is 1. The molecule has 0 saturated carbocycles. The fourth-order valence-electron chi connectivity index (χ4n) is 2.11. The molecule has 2 rings (SSSR count). The van der Waals surface area contributed by atoms with Crippen LogP contribution in [0.4, 0.5) is 4.79 Å². The number of carbonyl (C=O) groups is 1. The fourth-order valence-corrected chi connectivity index (χ4v) is 2.11. The van der Waals surface area contributed by atoms with E-state index in [2.05, 4.69) is 26.9 Å². The molecule has 1 heterocycles. The number of nitriles is 1. The highest BCUT2D eigenvalue weighted by molar-refractivity contribution is 5.74. The Hall–Kier alpha value is -2.88. The summed E-state index contributed by atoms with van der Waals surface area (Å²) in [5.74, 6) is 0.682. The maximum absolute atomic E-state index is 12.0. The number of amides is 2. The lowest BCUT2D eigenvalue weighted by Gasteiger charge is -2.18. The largest absolute Gasteiger partial charge is 0.332 e. The minimum Gasteiger partial charge on any atom is -0.332 e. The predicted octanol–water partition coefficient (Wildman–Crippen LogP) is 1.81. The molecule has 0 radical (unpaired) electrons. The van der Waals surface area contributed by atoms with Crippen molar-refractivity contribution in [3.8, 4) is 6.07 Å². The molecule has 1 aromatic carbocycles. The van der Waals surface area contributed by atoms with Crippen LogP contribution in [0.15, 0.2) is 30.6 Å². The lowest BCUT2D eigenvalue weighted by molar-refractivity contribution is 0.234. The molecule has 0 fully saturated rings. The van der Waals surface area contributed by atoms with Gasteiger partial charge in [0.2, 0.25) is 0 Å². The average Bonchev–Trinajstić information content (AvgIpc) is 2.93. The van der Waals surface area contributed by atoms with Gasteiger partial charge in [0, 0.05) is 7.05 Å². The molecule has 1 aromatic heterocycles. The molecule has 22 heavy (non-hydrogen) atoms. The monoisotopic (exact) mass is 298 g/mol. The van der Waals surface area contributed by atoms with Crippen molar-refractivity contribution in [2.75, 3.05) is 0 Å². The van der Waals surface area contributed by atoms with Crippen molar-refractivity contribution >= 4 is 6.03 Å². The van der Waals surface area contributed by atoms with Crippen LogP contribution in [0.3, 0.4) is 0 Å². The third kappa shape index (κ3) is 3.61. The van der Waals surface area contributed by atoms with Gasteiger partial charge in [-0.2, -0.15) is 5.26 Å². The lowest BCUT2D eigenvalue weighted by Crippen LogP contribution is -2.39. The number of aromatic nitrogens is 3. The molecule has 0 unspecified atom stereocenters. The van der Waals surface area contributed by atoms with Gasteiger partial charge in [0.1, 0.15) is 6.33 Å². The van der Waals surface area contributed by atoms with Crippen molar-refractivity contribution in [1.82, 2.24) is 25.4 Å². The first-order valence-electron chi connectivity index (χ1n) is 6.92. The zero-order chi connectivity index (χ0) is 16.1. The van der Waals surface area contributed by atoms with E-state index in [1.807, 2.05) is 33.0 Å². The summed E-state index contributed by atoms with van der Waals surface area (Å²) in [6, 6.07) is 8.48. The van der Waals surface area contributed by atoms with Gasteiger partial charge in [0.25, 0.3) is 0 Å². The maximum Gasteiger partial charge on any atom is 0.315 e. The normalized spacial score (nSPS) is 13.0. The first kappa shape index (κ1) is 15.5. The minimum atomic E-state index is -0.285. The summed E-state index contributed by atoms with van der Waals surface area (Å²) in [6.07, 6.45) is 1.59. The van der Waals surface area contributed by atoms with Crippen LogP contribution in [0, 0.1) is 11.3 Å². The van der Waals surface area contributed by atoms with Crippen molar-refractivity contribution < 1.29 is 4.79 Å². The number of carbonyl (C=O) groups excluding carboxylic acids is 1. The third-order valence-electron chi connectivity index (χ3n) is 3.37. The summed E-state index contributed by atoms with van der Waals surface area (Å²) in [4.78, 5) is 12.0. The SMILES string of the molecule is C[C@H](NC(=O)N[C@H](C)c1ccc(C#N)cc1)c1nncn1C. The van der Waals surface area contributed by atoms with Crippen LogP contribution in [0.1, 0.15) is 42.9 Å². The second-order valence-corrected chi connectivity index (χ2v) is 5.10. The molecule has 0 aliphatic heterocycles. The zero-order valence-corrected chi connectivity index (χ0v) is 12.7. The van der Waals surface area contributed by atoms with E-state index in [1.165, 1.54) is 0 Å². The summed E-state index contributed by atoms with van der Waals surface area (Å²) < 4.78 is 1.76. The number of rotatable bonds is 4. The van der Waals surface area contributed by atoms with Gasteiger partial charge in [-0.3, -0.25) is 0 Å². The Kier molecular flexibility index (Phi) is 4.73. The number of nitrogens with zero attached hydrogens (tertiary/aromatic N) is 4. The van der Waals surface area contributed by atoms with Crippen LogP contribution >= 0.6 is 0 Å². The van der Waals surface area contributed by atoms with Crippen LogP contribution < -0.4 is 10.6 Å². The Bertz CT molecular complexity index is 685. The smallest absolute Gasteiger partial charge is 0.315 e. The van der Waals surface area contributed by atoms with Crippen molar-refractivity contribution in [3.63, 3.8) is 0 Å². The van der Waals surface area contributed by atoms with E-state index in [-0.39, 0.29) is 18.1 Å². The first-order valence-corrected chi connectivity index (χ1v) is 6.92. The number of aryl methyl sites for hydroxylation is 1. The molecule has 0 aliphatic carbocycles. The Labute approximate surface area is 129 Å². The van der Waals surface area contributed by atoms with Gasteiger partial charge in [-0.25, -0.2) is 4.79 Å². The van der Waals surface area contributed by atoms with Gasteiger partial charge in [0.05, 0.1) is 23.7 Å². The Morgan fingerprint density at radius 1 is 1.23 bits per heavy atom. The fraction of sp³-hybridized carbons (Fsp3) is 0.333. The predicted molar refractivity (Wildman–Crippen MR) is 80.7 cm³/mol. The molecule has 114 valence electrons. The Morgan fingerprint density at radius 2 is 1.86 bits per heavy atom. The van der Waals surface area contributed by atoms with E-state index >= 15 is 0 Å². The van der Waals surface area contributed by atoms with Crippen molar-refractivity contribution in [2.45, 2.75) is 25.9 Å². The summed E-state index contributed by atoms with van der Waals surface area (Å²) in [6.45, 7) is 3.73. The molecule has 0 aliphatic rings. The standard InChI is InChI=1S/C15H18N6O/c1-10(13-6-4-12(8-16)5-7-13)18-15(22)19-11(2)14-20-17-9-21(14)3/h4-7,9-11H,1-3H3,(H2,18,19,22)/t10-,11+/m1/s1. The van der Waals surface area contributed by atoms with Gasteiger partial charge in [-0.05, 0) is 31.5 Å². The van der Waals surface area contributed by atoms with E-state index in [1.54, 1.807) is 23.0 Å². The lowest BCUT2D eigenvalue weighted by atomic mass is 10.1. The number of benzene rings is 1. The van der Waals surface area contributed by atoms with Crippen molar-refractivity contribution in [2.24, 2.45) is 7.05 Å². The van der Waals surface area contributed by atoms with Crippen molar-refractivity contribution in [3.05, 3.63) is 47.5 Å². The van der Waals surface area contributed by atoms with E-state index in [0.29, 0.717) is 11.4 Å². The second-order valence-electron chi connectivity index (χ2n) is 5.10. The maximum atomic E-state index is 12.0. The van der Waals surface area contributed by atoms with Crippen LogP contribution in [-0.2, 0) is 7.05 Å². The van der Waals surface area contributed by atoms with Crippen molar-refractivity contribution in [1.29, 1.82) is 5.26 Å². The molecular weight excluding hydrogens is 280 g/mol. The highest BCUT2D eigenvalue weighted by atomic mass is 16.2. The number of hydrogen-bond acceptors (Lipinski definition) is 4. The van der Waals surface area contributed by atoms with Crippen LogP contribution in [-0.4, -0.2) is 20.8 Å². The average molecular weight is 298 g/mol. The molecule has 2 amide bonds. The Morgan fingerprint density at radius 3 is 2.41 bits per heavy atom. The molecule has 0 bridgehead atoms. The van der Waals surface area contributed by atoms with E-state index in [0.717, 1.165) is 5.56 Å². The molecule has 2 N–H and O–H groups in total. The summed E-state index contributed by atoms with van der Waals surface area (Å²) in [7, 11) is 1.82. The third-order valence-corrected chi connectivity index (χ3v) is 3.37. The molecule has 7 heteroatoms. The summed E-state index contributed by atoms with van der Waals surface area (Å²) in [5.41, 5.74) is 1.52. The van der Waals surface area contributed by atoms with Gasteiger partial charge >= 0.3 is 6.03 Å². The number of nitrogens with one attached hydrogen (secondary N) is 2. The van der Waals surface area contributed by atoms with E-state index in [9.17, 15) is 4.79 Å². The molecule has 0 spiro atoms. The van der Waals surface area contributed by atoms with E-state index in [4.69, 9.17) is 5.26 Å². The summed E-state index contributed by atoms with van der Waals surface area (Å²) >= 11 is 0. The topological polar surface area (TPSA) is 95.6 Å². The number of hydrogen-bond donors (Lipinski definition) is 2. The minimum absolute atomic E-state index is 0.167. The molecule has 0 saturated heterocycles. The quantitative estimate of drug-likeness (QED) is 0.899. The highest BCUT2D eigenvalue weighted by Crippen LogP contribution is 2.13. The molecular formula is C15H18N6O. The Balaban J connectivity index is 1.93. The molecule has 2 atom stereocenters. The first-order chi connectivity index (χ1) is 10.5. The van der Waals surface area contributed by atoms with Crippen LogP contribution in [0.5, 0.6) is 0 Å². The van der Waals surface area contributed by atoms with Gasteiger partial charge < -0.3 is 15.2 Å². The second kappa shape index (κ2) is 6.72.